The lowest BCUT2D eigenvalue weighted by molar-refractivity contribution is -0.126. The molecule has 0 aliphatic carbocycles. The maximum Gasteiger partial charge on any atom is 0.240 e. The molecular weight excluding hydrogens is 164 g/mol. The van der Waals surface area contributed by atoms with E-state index in [1.165, 1.54) is 0 Å². The van der Waals surface area contributed by atoms with Crippen LogP contribution >= 0.6 is 12.6 Å². The van der Waals surface area contributed by atoms with E-state index in [4.69, 9.17) is 5.73 Å². The van der Waals surface area contributed by atoms with Crippen molar-refractivity contribution in [2.24, 2.45) is 5.73 Å². The normalized spacial score (nSPS) is 12.2. The van der Waals surface area contributed by atoms with Crippen molar-refractivity contribution < 1.29 is 9.59 Å². The highest BCUT2D eigenvalue weighted by atomic mass is 32.1. The Kier molecular flexibility index (Phi) is 4.69. The first-order valence-corrected chi connectivity index (χ1v) is 3.94. The van der Waals surface area contributed by atoms with Crippen molar-refractivity contribution in [3.63, 3.8) is 0 Å². The highest BCUT2D eigenvalue weighted by Gasteiger charge is 2.14. The summed E-state index contributed by atoms with van der Waals surface area (Å²) >= 11 is 3.85. The van der Waals surface area contributed by atoms with Crippen LogP contribution in [0.2, 0.25) is 0 Å². The van der Waals surface area contributed by atoms with E-state index in [0.29, 0.717) is 6.42 Å². The molecule has 0 bridgehead atoms. The fourth-order valence-electron chi connectivity index (χ4n) is 0.503. The summed E-state index contributed by atoms with van der Waals surface area (Å²) in [5.41, 5.74) is 4.95. The number of nitrogens with one attached hydrogen (secondary N) is 1. The monoisotopic (exact) mass is 176 g/mol. The van der Waals surface area contributed by atoms with Crippen molar-refractivity contribution in [3.8, 4) is 0 Å². The quantitative estimate of drug-likeness (QED) is 0.495. The smallest absolute Gasteiger partial charge is 0.240 e. The van der Waals surface area contributed by atoms with E-state index >= 15 is 0 Å². The lowest BCUT2D eigenvalue weighted by Crippen LogP contribution is -2.45. The molecule has 11 heavy (non-hydrogen) atoms. The zero-order valence-corrected chi connectivity index (χ0v) is 7.23. The third-order valence-electron chi connectivity index (χ3n) is 1.18. The van der Waals surface area contributed by atoms with Gasteiger partial charge in [0.25, 0.3) is 0 Å². The van der Waals surface area contributed by atoms with Crippen LogP contribution < -0.4 is 11.1 Å². The van der Waals surface area contributed by atoms with E-state index in [2.05, 4.69) is 17.9 Å². The Morgan fingerprint density at radius 3 is 2.45 bits per heavy atom. The lowest BCUT2D eigenvalue weighted by atomic mass is 10.3. The largest absolute Gasteiger partial charge is 0.368 e. The van der Waals surface area contributed by atoms with Crippen LogP contribution in [0, 0.1) is 0 Å². The van der Waals surface area contributed by atoms with Crippen molar-refractivity contribution in [1.29, 1.82) is 0 Å². The molecule has 0 radical (unpaired) electrons. The standard InChI is InChI=1S/C6H12N2O2S/c1-2-5(9)8-4(3-11)6(7)10/h4,11H,2-3H2,1H3,(H2,7,10)(H,8,9). The summed E-state index contributed by atoms with van der Waals surface area (Å²) in [5, 5.41) is 2.43. The van der Waals surface area contributed by atoms with Crippen LogP contribution in [0.5, 0.6) is 0 Å². The molecule has 0 aliphatic rings. The molecule has 0 rings (SSSR count). The third-order valence-corrected chi connectivity index (χ3v) is 1.55. The van der Waals surface area contributed by atoms with Crippen molar-refractivity contribution in [2.75, 3.05) is 5.75 Å². The number of nitrogens with two attached hydrogens (primary N) is 1. The molecule has 1 unspecified atom stereocenters. The number of amides is 2. The third kappa shape index (κ3) is 3.87. The minimum atomic E-state index is -0.647. The number of rotatable bonds is 4. The summed E-state index contributed by atoms with van der Waals surface area (Å²) in [4.78, 5) is 21.3. The fourth-order valence-corrected chi connectivity index (χ4v) is 0.774. The molecule has 2 amide bonds. The van der Waals surface area contributed by atoms with Crippen molar-refractivity contribution in [3.05, 3.63) is 0 Å². The van der Waals surface area contributed by atoms with Crippen molar-refractivity contribution >= 4 is 24.4 Å². The van der Waals surface area contributed by atoms with Gasteiger partial charge in [-0.25, -0.2) is 0 Å². The van der Waals surface area contributed by atoms with Crippen LogP contribution in [0.25, 0.3) is 0 Å². The molecule has 64 valence electrons. The fraction of sp³-hybridized carbons (Fsp3) is 0.667. The maximum absolute atomic E-state index is 10.7. The predicted octanol–water partition coefficient (Wildman–Crippen LogP) is -0.704. The molecule has 0 aromatic carbocycles. The summed E-state index contributed by atoms with van der Waals surface area (Å²) in [6.07, 6.45) is 0.345. The first-order valence-electron chi connectivity index (χ1n) is 3.31. The van der Waals surface area contributed by atoms with E-state index in [0.717, 1.165) is 0 Å². The van der Waals surface area contributed by atoms with Crippen molar-refractivity contribution in [2.45, 2.75) is 19.4 Å². The minimum Gasteiger partial charge on any atom is -0.368 e. The predicted molar refractivity (Wildman–Crippen MR) is 45.3 cm³/mol. The first kappa shape index (κ1) is 10.3. The Hall–Kier alpha value is -0.710. The highest BCUT2D eigenvalue weighted by molar-refractivity contribution is 7.80. The number of primary amides is 1. The second-order valence-electron chi connectivity index (χ2n) is 2.06. The molecule has 0 saturated carbocycles. The van der Waals surface area contributed by atoms with E-state index in [1.54, 1.807) is 6.92 Å². The van der Waals surface area contributed by atoms with Gasteiger partial charge in [0.1, 0.15) is 6.04 Å². The average Bonchev–Trinajstić information content (AvgIpc) is 1.99. The summed E-state index contributed by atoms with van der Waals surface area (Å²) in [6.45, 7) is 1.70. The Labute approximate surface area is 70.9 Å². The van der Waals surface area contributed by atoms with Crippen molar-refractivity contribution in [1.82, 2.24) is 5.32 Å². The first-order chi connectivity index (χ1) is 5.11. The van der Waals surface area contributed by atoms with Gasteiger partial charge < -0.3 is 11.1 Å². The van der Waals surface area contributed by atoms with Gasteiger partial charge in [-0.15, -0.1) is 0 Å². The molecule has 0 aliphatic heterocycles. The van der Waals surface area contributed by atoms with Gasteiger partial charge >= 0.3 is 0 Å². The molecule has 3 N–H and O–H groups in total. The van der Waals surface area contributed by atoms with Gasteiger partial charge in [0, 0.05) is 12.2 Å². The van der Waals surface area contributed by atoms with Crippen LogP contribution in [0.1, 0.15) is 13.3 Å². The zero-order chi connectivity index (χ0) is 8.85. The summed E-state index contributed by atoms with van der Waals surface area (Å²) in [5.74, 6) is -0.509. The zero-order valence-electron chi connectivity index (χ0n) is 6.33. The SMILES string of the molecule is CCC(=O)NC(CS)C(N)=O. The van der Waals surface area contributed by atoms with E-state index in [9.17, 15) is 9.59 Å². The minimum absolute atomic E-state index is 0.192. The Morgan fingerprint density at radius 1 is 1.64 bits per heavy atom. The molecule has 4 nitrogen and oxygen atoms in total. The van der Waals surface area contributed by atoms with E-state index < -0.39 is 11.9 Å². The van der Waals surface area contributed by atoms with Gasteiger partial charge in [-0.3, -0.25) is 9.59 Å². The van der Waals surface area contributed by atoms with Crippen LogP contribution in [0.15, 0.2) is 0 Å². The number of carbonyl (C=O) groups is 2. The Bertz CT molecular complexity index is 161. The highest BCUT2D eigenvalue weighted by Crippen LogP contribution is 1.87. The van der Waals surface area contributed by atoms with Gasteiger partial charge in [-0.2, -0.15) is 12.6 Å². The summed E-state index contributed by atoms with van der Waals surface area (Å²) in [7, 11) is 0. The molecule has 0 heterocycles. The second kappa shape index (κ2) is 5.01. The van der Waals surface area contributed by atoms with Gasteiger partial charge in [0.05, 0.1) is 0 Å². The summed E-state index contributed by atoms with van der Waals surface area (Å²) in [6, 6.07) is -0.647. The maximum atomic E-state index is 10.7. The van der Waals surface area contributed by atoms with Gasteiger partial charge in [0.2, 0.25) is 11.8 Å². The van der Waals surface area contributed by atoms with Gasteiger partial charge in [-0.1, -0.05) is 6.92 Å². The van der Waals surface area contributed by atoms with Crippen LogP contribution in [-0.4, -0.2) is 23.6 Å². The van der Waals surface area contributed by atoms with Crippen LogP contribution in [0.3, 0.4) is 0 Å². The molecule has 0 saturated heterocycles. The lowest BCUT2D eigenvalue weighted by Gasteiger charge is -2.11. The molecule has 5 heteroatoms. The number of thiol groups is 1. The molecular formula is C6H12N2O2S. The van der Waals surface area contributed by atoms with Gasteiger partial charge in [-0.05, 0) is 0 Å². The average molecular weight is 176 g/mol. The Morgan fingerprint density at radius 2 is 2.18 bits per heavy atom. The summed E-state index contributed by atoms with van der Waals surface area (Å²) < 4.78 is 0. The Balaban J connectivity index is 3.88. The molecule has 0 spiro atoms. The van der Waals surface area contributed by atoms with Crippen LogP contribution in [-0.2, 0) is 9.59 Å². The molecule has 0 aromatic heterocycles. The molecule has 0 fully saturated rings. The topological polar surface area (TPSA) is 72.2 Å². The number of hydrogen-bond acceptors (Lipinski definition) is 3. The van der Waals surface area contributed by atoms with Crippen LogP contribution in [0.4, 0.5) is 0 Å². The number of hydrogen-bond donors (Lipinski definition) is 3. The second-order valence-corrected chi connectivity index (χ2v) is 2.42. The number of carbonyl (C=O) groups excluding carboxylic acids is 2. The van der Waals surface area contributed by atoms with Gasteiger partial charge in [0.15, 0.2) is 0 Å². The van der Waals surface area contributed by atoms with E-state index in [1.807, 2.05) is 0 Å². The molecule has 0 aromatic rings. The van der Waals surface area contributed by atoms with E-state index in [-0.39, 0.29) is 11.7 Å². The molecule has 1 atom stereocenters.